The van der Waals surface area contributed by atoms with Gasteiger partial charge in [0.2, 0.25) is 5.95 Å². The van der Waals surface area contributed by atoms with Crippen LogP contribution in [0, 0.1) is 0 Å². The van der Waals surface area contributed by atoms with E-state index in [0.717, 1.165) is 65.5 Å². The van der Waals surface area contributed by atoms with E-state index in [2.05, 4.69) is 20.4 Å². The van der Waals surface area contributed by atoms with E-state index in [-0.39, 0.29) is 5.75 Å². The van der Waals surface area contributed by atoms with Gasteiger partial charge in [0.1, 0.15) is 11.6 Å². The van der Waals surface area contributed by atoms with Gasteiger partial charge >= 0.3 is 0 Å². The fourth-order valence-electron chi connectivity index (χ4n) is 3.89. The Kier molecular flexibility index (Phi) is 4.93. The van der Waals surface area contributed by atoms with E-state index >= 15 is 0 Å². The highest BCUT2D eigenvalue weighted by atomic mass is 16.3. The molecule has 3 heterocycles. The quantitative estimate of drug-likeness (QED) is 0.454. The molecular formula is C23H24N6O. The van der Waals surface area contributed by atoms with Crippen molar-refractivity contribution in [3.63, 3.8) is 0 Å². The lowest BCUT2D eigenvalue weighted by molar-refractivity contribution is 0.475. The number of phenolic OH excluding ortho intramolecular Hbond substituents is 1. The van der Waals surface area contributed by atoms with Crippen molar-refractivity contribution in [2.75, 3.05) is 23.3 Å². The second-order valence-electron chi connectivity index (χ2n) is 7.69. The lowest BCUT2D eigenvalue weighted by atomic mass is 10.1. The van der Waals surface area contributed by atoms with E-state index in [1.807, 2.05) is 36.4 Å². The van der Waals surface area contributed by atoms with Crippen LogP contribution in [-0.2, 0) is 0 Å². The smallest absolute Gasteiger partial charge is 0.227 e. The van der Waals surface area contributed by atoms with Gasteiger partial charge in [-0.15, -0.1) is 0 Å². The average Bonchev–Trinajstić information content (AvgIpc) is 3.05. The molecule has 0 amide bonds. The molecule has 0 radical (unpaired) electrons. The first-order valence-electron chi connectivity index (χ1n) is 10.4. The molecule has 2 aromatic heterocycles. The van der Waals surface area contributed by atoms with Crippen LogP contribution in [0.4, 0.5) is 17.5 Å². The molecule has 152 valence electrons. The van der Waals surface area contributed by atoms with Gasteiger partial charge in [0, 0.05) is 35.8 Å². The highest BCUT2D eigenvalue weighted by molar-refractivity contribution is 5.83. The minimum absolute atomic E-state index is 0.224. The molecule has 2 aromatic carbocycles. The third-order valence-corrected chi connectivity index (χ3v) is 5.46. The molecule has 0 unspecified atom stereocenters. The summed E-state index contributed by atoms with van der Waals surface area (Å²) >= 11 is 0. The number of nitrogens with zero attached hydrogens (tertiary/aromatic N) is 4. The SMILES string of the molecule is Oc1cccc(-c2cc(Nc3ccc4[nH]ncc4c3)nc(N3CCCCCC3)n2)c1. The van der Waals surface area contributed by atoms with Crippen LogP contribution in [0.2, 0.25) is 0 Å². The maximum absolute atomic E-state index is 9.94. The van der Waals surface area contributed by atoms with E-state index in [9.17, 15) is 5.11 Å². The number of aromatic hydroxyl groups is 1. The summed E-state index contributed by atoms with van der Waals surface area (Å²) in [6, 6.07) is 15.2. The lowest BCUT2D eigenvalue weighted by Gasteiger charge is -2.22. The number of nitrogens with one attached hydrogen (secondary N) is 2. The summed E-state index contributed by atoms with van der Waals surface area (Å²) < 4.78 is 0. The van der Waals surface area contributed by atoms with Crippen LogP contribution in [0.15, 0.2) is 54.7 Å². The molecule has 0 saturated carbocycles. The van der Waals surface area contributed by atoms with Crippen LogP contribution in [-0.4, -0.2) is 38.4 Å². The molecule has 0 spiro atoms. The minimum Gasteiger partial charge on any atom is -0.508 e. The summed E-state index contributed by atoms with van der Waals surface area (Å²) in [6.45, 7) is 1.92. The number of rotatable bonds is 4. The Hall–Kier alpha value is -3.61. The number of hydrogen-bond acceptors (Lipinski definition) is 6. The highest BCUT2D eigenvalue weighted by Crippen LogP contribution is 2.28. The molecule has 1 aliphatic heterocycles. The van der Waals surface area contributed by atoms with Crippen molar-refractivity contribution in [1.29, 1.82) is 0 Å². The Morgan fingerprint density at radius 3 is 2.63 bits per heavy atom. The van der Waals surface area contributed by atoms with Crippen LogP contribution >= 0.6 is 0 Å². The van der Waals surface area contributed by atoms with Gasteiger partial charge in [-0.3, -0.25) is 5.10 Å². The molecule has 0 atom stereocenters. The van der Waals surface area contributed by atoms with Gasteiger partial charge in [-0.2, -0.15) is 10.1 Å². The van der Waals surface area contributed by atoms with Gasteiger partial charge in [0.15, 0.2) is 0 Å². The van der Waals surface area contributed by atoms with E-state index < -0.39 is 0 Å². The van der Waals surface area contributed by atoms with Crippen molar-refractivity contribution in [3.05, 3.63) is 54.7 Å². The summed E-state index contributed by atoms with van der Waals surface area (Å²) in [5.74, 6) is 1.68. The monoisotopic (exact) mass is 400 g/mol. The summed E-state index contributed by atoms with van der Waals surface area (Å²) in [7, 11) is 0. The van der Waals surface area contributed by atoms with Gasteiger partial charge in [0.05, 0.1) is 17.4 Å². The largest absolute Gasteiger partial charge is 0.508 e. The zero-order chi connectivity index (χ0) is 20.3. The van der Waals surface area contributed by atoms with Crippen molar-refractivity contribution < 1.29 is 5.11 Å². The molecule has 7 nitrogen and oxygen atoms in total. The second-order valence-corrected chi connectivity index (χ2v) is 7.69. The number of aromatic amines is 1. The highest BCUT2D eigenvalue weighted by Gasteiger charge is 2.16. The Labute approximate surface area is 174 Å². The number of H-pyrrole nitrogens is 1. The van der Waals surface area contributed by atoms with Crippen LogP contribution in [0.1, 0.15) is 25.7 Å². The molecule has 0 aliphatic carbocycles. The van der Waals surface area contributed by atoms with E-state index in [1.54, 1.807) is 18.3 Å². The van der Waals surface area contributed by atoms with Crippen LogP contribution < -0.4 is 10.2 Å². The van der Waals surface area contributed by atoms with Crippen LogP contribution in [0.25, 0.3) is 22.2 Å². The van der Waals surface area contributed by atoms with Gasteiger partial charge < -0.3 is 15.3 Å². The van der Waals surface area contributed by atoms with E-state index in [1.165, 1.54) is 12.8 Å². The fraction of sp³-hybridized carbons (Fsp3) is 0.261. The maximum atomic E-state index is 9.94. The first-order valence-corrected chi connectivity index (χ1v) is 10.4. The molecule has 0 bridgehead atoms. The molecule has 30 heavy (non-hydrogen) atoms. The third kappa shape index (κ3) is 3.91. The lowest BCUT2D eigenvalue weighted by Crippen LogP contribution is -2.26. The Morgan fingerprint density at radius 1 is 0.933 bits per heavy atom. The number of anilines is 3. The standard InChI is InChI=1S/C23H24N6O/c30-19-7-5-6-16(13-19)21-14-22(25-18-8-9-20-17(12-18)15-24-28-20)27-23(26-21)29-10-3-1-2-4-11-29/h5-9,12-15,30H,1-4,10-11H2,(H,24,28)(H,25,26,27). The van der Waals surface area contributed by atoms with Crippen molar-refractivity contribution in [1.82, 2.24) is 20.2 Å². The molecule has 1 fully saturated rings. The number of aromatic nitrogens is 4. The van der Waals surface area contributed by atoms with Crippen LogP contribution in [0.3, 0.4) is 0 Å². The number of phenols is 1. The predicted octanol–water partition coefficient (Wildman–Crippen LogP) is 4.85. The van der Waals surface area contributed by atoms with Crippen molar-refractivity contribution in [2.24, 2.45) is 0 Å². The Bertz CT molecular complexity index is 1160. The van der Waals surface area contributed by atoms with E-state index in [0.29, 0.717) is 0 Å². The zero-order valence-corrected chi connectivity index (χ0v) is 16.7. The second kappa shape index (κ2) is 8.02. The molecule has 1 aliphatic rings. The molecule has 7 heteroatoms. The first-order chi connectivity index (χ1) is 14.7. The molecule has 5 rings (SSSR count). The van der Waals surface area contributed by atoms with Crippen LogP contribution in [0.5, 0.6) is 5.75 Å². The maximum Gasteiger partial charge on any atom is 0.227 e. The average molecular weight is 400 g/mol. The minimum atomic E-state index is 0.224. The summed E-state index contributed by atoms with van der Waals surface area (Å²) in [5.41, 5.74) is 3.58. The third-order valence-electron chi connectivity index (χ3n) is 5.46. The zero-order valence-electron chi connectivity index (χ0n) is 16.7. The van der Waals surface area contributed by atoms with Crippen molar-refractivity contribution in [3.8, 4) is 17.0 Å². The van der Waals surface area contributed by atoms with Gasteiger partial charge in [-0.25, -0.2) is 4.98 Å². The number of benzene rings is 2. The molecule has 4 aromatic rings. The normalized spacial score (nSPS) is 14.6. The molecule has 1 saturated heterocycles. The van der Waals surface area contributed by atoms with E-state index in [4.69, 9.17) is 9.97 Å². The molecular weight excluding hydrogens is 376 g/mol. The fourth-order valence-corrected chi connectivity index (χ4v) is 3.89. The van der Waals surface area contributed by atoms with Crippen molar-refractivity contribution >= 4 is 28.4 Å². The Balaban J connectivity index is 1.54. The topological polar surface area (TPSA) is 90.0 Å². The van der Waals surface area contributed by atoms with Crippen molar-refractivity contribution in [2.45, 2.75) is 25.7 Å². The summed E-state index contributed by atoms with van der Waals surface area (Å²) in [4.78, 5) is 11.9. The molecule has 3 N–H and O–H groups in total. The Morgan fingerprint density at radius 2 is 1.80 bits per heavy atom. The van der Waals surface area contributed by atoms with Gasteiger partial charge in [0.25, 0.3) is 0 Å². The predicted molar refractivity (Wildman–Crippen MR) is 119 cm³/mol. The van der Waals surface area contributed by atoms with Gasteiger partial charge in [-0.05, 0) is 43.2 Å². The summed E-state index contributed by atoms with van der Waals surface area (Å²) in [6.07, 6.45) is 6.61. The summed E-state index contributed by atoms with van der Waals surface area (Å²) in [5, 5.41) is 21.5. The first kappa shape index (κ1) is 18.4. The number of hydrogen-bond donors (Lipinski definition) is 3. The number of fused-ring (bicyclic) bond motifs is 1. The van der Waals surface area contributed by atoms with Gasteiger partial charge in [-0.1, -0.05) is 25.0 Å².